The van der Waals surface area contributed by atoms with E-state index in [0.29, 0.717) is 0 Å². The second kappa shape index (κ2) is 5.72. The normalized spacial score (nSPS) is 20.5. The van der Waals surface area contributed by atoms with Crippen LogP contribution in [-0.4, -0.2) is 30.0 Å². The highest BCUT2D eigenvalue weighted by atomic mass is 16.7. The van der Waals surface area contributed by atoms with Gasteiger partial charge in [-0.2, -0.15) is 0 Å². The van der Waals surface area contributed by atoms with Gasteiger partial charge in [-0.1, -0.05) is 6.08 Å². The third-order valence-electron chi connectivity index (χ3n) is 4.68. The zero-order chi connectivity index (χ0) is 16.7. The van der Waals surface area contributed by atoms with E-state index in [0.717, 1.165) is 27.9 Å². The van der Waals surface area contributed by atoms with Gasteiger partial charge in [0.25, 0.3) is 0 Å². The van der Waals surface area contributed by atoms with Crippen LogP contribution in [0.3, 0.4) is 0 Å². The Morgan fingerprint density at radius 1 is 1.14 bits per heavy atom. The molecule has 0 saturated carbocycles. The van der Waals surface area contributed by atoms with Crippen molar-refractivity contribution in [1.82, 2.24) is 0 Å². The Morgan fingerprint density at radius 2 is 1.59 bits per heavy atom. The molecule has 1 saturated heterocycles. The molecule has 0 amide bonds. The van der Waals surface area contributed by atoms with E-state index in [-0.39, 0.29) is 6.61 Å². The van der Waals surface area contributed by atoms with Crippen molar-refractivity contribution >= 4 is 18.9 Å². The van der Waals surface area contributed by atoms with Crippen LogP contribution in [0.25, 0.3) is 6.08 Å². The summed E-state index contributed by atoms with van der Waals surface area (Å²) >= 11 is 0. The summed E-state index contributed by atoms with van der Waals surface area (Å²) in [5.74, 6) is 0. The third kappa shape index (κ3) is 3.07. The molecular weight excluding hydrogens is 277 g/mol. The van der Waals surface area contributed by atoms with Gasteiger partial charge in [0, 0.05) is 5.69 Å². The second-order valence-corrected chi connectivity index (χ2v) is 7.03. The first kappa shape index (κ1) is 17.1. The molecule has 1 aromatic carbocycles. The van der Waals surface area contributed by atoms with E-state index in [1.165, 1.54) is 0 Å². The van der Waals surface area contributed by atoms with Gasteiger partial charge in [0.1, 0.15) is 0 Å². The number of nitrogen functional groups attached to an aromatic ring is 1. The van der Waals surface area contributed by atoms with E-state index in [1.807, 2.05) is 59.8 Å². The Morgan fingerprint density at radius 3 is 2.00 bits per heavy atom. The molecule has 0 aliphatic carbocycles. The summed E-state index contributed by atoms with van der Waals surface area (Å²) in [6.07, 6.45) is 1.95. The first-order chi connectivity index (χ1) is 10.1. The lowest BCUT2D eigenvalue weighted by Gasteiger charge is -2.32. The lowest BCUT2D eigenvalue weighted by atomic mass is 9.77. The Bertz CT molecular complexity index is 569. The smallest absolute Gasteiger partial charge is 0.400 e. The first-order valence-corrected chi connectivity index (χ1v) is 7.61. The van der Waals surface area contributed by atoms with Crippen LogP contribution in [0.2, 0.25) is 0 Å². The van der Waals surface area contributed by atoms with Gasteiger partial charge in [0.2, 0.25) is 0 Å². The van der Waals surface area contributed by atoms with Crippen molar-refractivity contribution in [2.75, 3.05) is 12.3 Å². The first-order valence-electron chi connectivity index (χ1n) is 7.61. The van der Waals surface area contributed by atoms with Crippen LogP contribution in [0.4, 0.5) is 5.69 Å². The maximum absolute atomic E-state index is 9.77. The van der Waals surface area contributed by atoms with Crippen LogP contribution >= 0.6 is 0 Å². The van der Waals surface area contributed by atoms with E-state index in [4.69, 9.17) is 15.0 Å². The molecule has 120 valence electrons. The number of aliphatic hydroxyl groups is 1. The summed E-state index contributed by atoms with van der Waals surface area (Å²) in [7, 11) is -0.536. The van der Waals surface area contributed by atoms with Gasteiger partial charge in [0.05, 0.1) is 17.8 Å². The van der Waals surface area contributed by atoms with Gasteiger partial charge < -0.3 is 20.1 Å². The number of hydrogen-bond acceptors (Lipinski definition) is 4. The van der Waals surface area contributed by atoms with Crippen LogP contribution in [0.15, 0.2) is 17.6 Å². The van der Waals surface area contributed by atoms with E-state index < -0.39 is 18.3 Å². The van der Waals surface area contributed by atoms with Gasteiger partial charge in [-0.15, -0.1) is 0 Å². The highest BCUT2D eigenvalue weighted by Gasteiger charge is 2.52. The van der Waals surface area contributed by atoms with Crippen molar-refractivity contribution in [1.29, 1.82) is 0 Å². The summed E-state index contributed by atoms with van der Waals surface area (Å²) in [6, 6.07) is 3.86. The van der Waals surface area contributed by atoms with E-state index in [1.54, 1.807) is 0 Å². The highest BCUT2D eigenvalue weighted by molar-refractivity contribution is 6.55. The molecule has 0 aromatic heterocycles. The number of rotatable bonds is 3. The largest absolute Gasteiger partial charge is 0.492 e. The molecule has 1 fully saturated rings. The fourth-order valence-corrected chi connectivity index (χ4v) is 2.60. The average molecular weight is 303 g/mol. The van der Waals surface area contributed by atoms with E-state index in [2.05, 4.69) is 0 Å². The maximum atomic E-state index is 9.77. The quantitative estimate of drug-likeness (QED) is 0.665. The third-order valence-corrected chi connectivity index (χ3v) is 4.68. The molecule has 0 atom stereocenters. The van der Waals surface area contributed by atoms with Gasteiger partial charge in [-0.05, 0) is 75.8 Å². The minimum absolute atomic E-state index is 0.111. The second-order valence-electron chi connectivity index (χ2n) is 7.03. The zero-order valence-corrected chi connectivity index (χ0v) is 14.4. The molecule has 4 nitrogen and oxygen atoms in total. The van der Waals surface area contributed by atoms with Gasteiger partial charge >= 0.3 is 7.12 Å². The van der Waals surface area contributed by atoms with Gasteiger partial charge in [-0.3, -0.25) is 0 Å². The van der Waals surface area contributed by atoms with E-state index >= 15 is 0 Å². The molecule has 2 rings (SSSR count). The number of aliphatic hydroxyl groups excluding tert-OH is 1. The van der Waals surface area contributed by atoms with Crippen molar-refractivity contribution in [2.24, 2.45) is 0 Å². The summed E-state index contributed by atoms with van der Waals surface area (Å²) in [5.41, 5.74) is 9.68. The molecule has 5 heteroatoms. The lowest BCUT2D eigenvalue weighted by molar-refractivity contribution is 0.00578. The van der Waals surface area contributed by atoms with Crippen LogP contribution in [0, 0.1) is 13.8 Å². The van der Waals surface area contributed by atoms with E-state index in [9.17, 15) is 5.11 Å². The molecular formula is C17H26BNO3. The van der Waals surface area contributed by atoms with Crippen LogP contribution in [0.1, 0.15) is 44.4 Å². The van der Waals surface area contributed by atoms with Gasteiger partial charge in [-0.25, -0.2) is 0 Å². The molecule has 1 aromatic rings. The summed E-state index contributed by atoms with van der Waals surface area (Å²) in [4.78, 5) is 0. The predicted molar refractivity (Wildman–Crippen MR) is 91.5 cm³/mol. The molecule has 0 spiro atoms. The molecule has 1 aliphatic heterocycles. The SMILES string of the molecule is Cc1cc(N)cc(C)c1C=C(CO)B1OC(C)(C)C(C)(C)O1. The van der Waals surface area contributed by atoms with Crippen molar-refractivity contribution in [2.45, 2.75) is 52.7 Å². The lowest BCUT2D eigenvalue weighted by Crippen LogP contribution is -2.41. The Labute approximate surface area is 133 Å². The molecule has 0 bridgehead atoms. The van der Waals surface area contributed by atoms with Crippen molar-refractivity contribution in [3.63, 3.8) is 0 Å². The minimum atomic E-state index is -0.536. The number of nitrogens with two attached hydrogens (primary N) is 1. The van der Waals surface area contributed by atoms with Crippen molar-refractivity contribution in [3.8, 4) is 0 Å². The monoisotopic (exact) mass is 303 g/mol. The molecule has 1 aliphatic rings. The fourth-order valence-electron chi connectivity index (χ4n) is 2.60. The van der Waals surface area contributed by atoms with Crippen LogP contribution in [0.5, 0.6) is 0 Å². The summed E-state index contributed by atoms with van der Waals surface area (Å²) in [6.45, 7) is 11.9. The minimum Gasteiger partial charge on any atom is -0.400 e. The molecule has 0 radical (unpaired) electrons. The standard InChI is InChI=1S/C17H26BNO3/c1-11-7-14(19)8-12(2)15(11)9-13(10-20)18-21-16(3,4)17(5,6)22-18/h7-9,20H,10,19H2,1-6H3. The number of hydrogen-bond donors (Lipinski definition) is 2. The van der Waals surface area contributed by atoms with Crippen LogP contribution in [-0.2, 0) is 9.31 Å². The Hall–Kier alpha value is -1.30. The highest BCUT2D eigenvalue weighted by Crippen LogP contribution is 2.39. The summed E-state index contributed by atoms with van der Waals surface area (Å²) < 4.78 is 12.0. The summed E-state index contributed by atoms with van der Waals surface area (Å²) in [5, 5.41) is 9.77. The molecule has 22 heavy (non-hydrogen) atoms. The maximum Gasteiger partial charge on any atom is 0.492 e. The van der Waals surface area contributed by atoms with Crippen molar-refractivity contribution in [3.05, 3.63) is 34.3 Å². The zero-order valence-electron chi connectivity index (χ0n) is 14.4. The topological polar surface area (TPSA) is 64.7 Å². The van der Waals surface area contributed by atoms with Crippen LogP contribution < -0.4 is 5.73 Å². The molecule has 3 N–H and O–H groups in total. The molecule has 1 heterocycles. The van der Waals surface area contributed by atoms with Crippen molar-refractivity contribution < 1.29 is 14.4 Å². The fraction of sp³-hybridized carbons (Fsp3) is 0.529. The number of anilines is 1. The predicted octanol–water partition coefficient (Wildman–Crippen LogP) is 2.89. The van der Waals surface area contributed by atoms with Gasteiger partial charge in [0.15, 0.2) is 0 Å². The Kier molecular flexibility index (Phi) is 4.44. The Balaban J connectivity index is 2.38. The number of aryl methyl sites for hydroxylation is 2. The average Bonchev–Trinajstić information content (AvgIpc) is 2.57. The number of benzene rings is 1. The molecule has 0 unspecified atom stereocenters.